The van der Waals surface area contributed by atoms with Crippen molar-refractivity contribution in [3.8, 4) is 21.8 Å². The lowest BCUT2D eigenvalue weighted by molar-refractivity contribution is 0.254. The van der Waals surface area contributed by atoms with E-state index in [0.717, 1.165) is 34.9 Å². The maximum atomic E-state index is 4.78. The fourth-order valence-corrected chi connectivity index (χ4v) is 3.65. The van der Waals surface area contributed by atoms with E-state index in [1.165, 1.54) is 0 Å². The first-order chi connectivity index (χ1) is 12.4. The summed E-state index contributed by atoms with van der Waals surface area (Å²) in [6.45, 7) is 6.23. The lowest BCUT2D eigenvalue weighted by atomic mass is 9.93. The van der Waals surface area contributed by atoms with Gasteiger partial charge in [-0.05, 0) is 31.0 Å². The molecule has 0 unspecified atom stereocenters. The van der Waals surface area contributed by atoms with Crippen LogP contribution >= 0.6 is 11.3 Å². The number of rotatable bonds is 7. The van der Waals surface area contributed by atoms with E-state index in [0.29, 0.717) is 5.95 Å². The molecule has 136 valence electrons. The van der Waals surface area contributed by atoms with Crippen molar-refractivity contribution in [1.29, 1.82) is 0 Å². The highest BCUT2D eigenvalue weighted by Gasteiger charge is 2.20. The summed E-state index contributed by atoms with van der Waals surface area (Å²) in [6, 6.07) is 4.09. The van der Waals surface area contributed by atoms with E-state index in [1.54, 1.807) is 29.9 Å². The van der Waals surface area contributed by atoms with E-state index < -0.39 is 0 Å². The van der Waals surface area contributed by atoms with E-state index in [1.807, 2.05) is 17.6 Å². The average molecular weight is 369 g/mol. The van der Waals surface area contributed by atoms with Gasteiger partial charge in [-0.1, -0.05) is 19.9 Å². The predicted molar refractivity (Wildman–Crippen MR) is 107 cm³/mol. The van der Waals surface area contributed by atoms with Crippen LogP contribution in [0.25, 0.3) is 21.8 Å². The SMILES string of the molecule is CN(C)CC(C)(C)CNc1ncc(-c2cnccn2)c(-c2cccs2)n1. The van der Waals surface area contributed by atoms with Gasteiger partial charge in [-0.2, -0.15) is 0 Å². The van der Waals surface area contributed by atoms with E-state index in [2.05, 4.69) is 59.2 Å². The minimum atomic E-state index is 0.111. The second-order valence-electron chi connectivity index (χ2n) is 7.28. The average Bonchev–Trinajstić information content (AvgIpc) is 3.14. The van der Waals surface area contributed by atoms with Crippen molar-refractivity contribution in [1.82, 2.24) is 24.8 Å². The summed E-state index contributed by atoms with van der Waals surface area (Å²) < 4.78 is 0. The Morgan fingerprint density at radius 3 is 2.65 bits per heavy atom. The highest BCUT2D eigenvalue weighted by Crippen LogP contribution is 2.32. The van der Waals surface area contributed by atoms with Gasteiger partial charge in [-0.15, -0.1) is 11.3 Å². The van der Waals surface area contributed by atoms with Crippen molar-refractivity contribution in [3.63, 3.8) is 0 Å². The molecule has 3 aromatic heterocycles. The molecular weight excluding hydrogens is 344 g/mol. The third-order valence-corrected chi connectivity index (χ3v) is 4.73. The van der Waals surface area contributed by atoms with Gasteiger partial charge in [-0.25, -0.2) is 9.97 Å². The van der Waals surface area contributed by atoms with Crippen LogP contribution in [0, 0.1) is 5.41 Å². The van der Waals surface area contributed by atoms with E-state index in [4.69, 9.17) is 4.98 Å². The molecule has 0 aliphatic carbocycles. The molecule has 0 aromatic carbocycles. The quantitative estimate of drug-likeness (QED) is 0.686. The number of nitrogens with zero attached hydrogens (tertiary/aromatic N) is 5. The van der Waals surface area contributed by atoms with Gasteiger partial charge < -0.3 is 10.2 Å². The Morgan fingerprint density at radius 2 is 2.00 bits per heavy atom. The molecule has 3 aromatic rings. The molecule has 0 radical (unpaired) electrons. The largest absolute Gasteiger partial charge is 0.354 e. The van der Waals surface area contributed by atoms with Gasteiger partial charge in [0.2, 0.25) is 5.95 Å². The van der Waals surface area contributed by atoms with Gasteiger partial charge in [-0.3, -0.25) is 9.97 Å². The standard InChI is InChI=1S/C19H24N6S/c1-19(2,13-25(3)4)12-23-18-22-10-14(15-11-20-7-8-21-15)17(24-18)16-6-5-9-26-16/h5-11H,12-13H2,1-4H3,(H,22,23,24). The summed E-state index contributed by atoms with van der Waals surface area (Å²) in [4.78, 5) is 21.1. The summed E-state index contributed by atoms with van der Waals surface area (Å²) in [7, 11) is 4.17. The number of hydrogen-bond acceptors (Lipinski definition) is 7. The van der Waals surface area contributed by atoms with Crippen molar-refractivity contribution in [2.75, 3.05) is 32.5 Å². The monoisotopic (exact) mass is 368 g/mol. The summed E-state index contributed by atoms with van der Waals surface area (Å²) in [5.74, 6) is 0.632. The van der Waals surface area contributed by atoms with Gasteiger partial charge >= 0.3 is 0 Å². The Hall–Kier alpha value is -2.38. The van der Waals surface area contributed by atoms with Crippen LogP contribution in [0.2, 0.25) is 0 Å². The predicted octanol–water partition coefficient (Wildman–Crippen LogP) is 3.66. The molecule has 0 bridgehead atoms. The molecule has 0 aliphatic heterocycles. The minimum absolute atomic E-state index is 0.111. The van der Waals surface area contributed by atoms with Gasteiger partial charge in [0.25, 0.3) is 0 Å². The van der Waals surface area contributed by atoms with Crippen LogP contribution < -0.4 is 5.32 Å². The first-order valence-electron chi connectivity index (χ1n) is 8.50. The molecule has 26 heavy (non-hydrogen) atoms. The highest BCUT2D eigenvalue weighted by atomic mass is 32.1. The third-order valence-electron chi connectivity index (χ3n) is 3.85. The van der Waals surface area contributed by atoms with E-state index >= 15 is 0 Å². The second kappa shape index (κ2) is 7.88. The molecule has 0 atom stereocenters. The zero-order valence-electron chi connectivity index (χ0n) is 15.6. The molecular formula is C19H24N6S. The topological polar surface area (TPSA) is 66.8 Å². The summed E-state index contributed by atoms with van der Waals surface area (Å²) in [6.07, 6.45) is 6.91. The number of hydrogen-bond donors (Lipinski definition) is 1. The summed E-state index contributed by atoms with van der Waals surface area (Å²) in [5.41, 5.74) is 2.65. The van der Waals surface area contributed by atoms with Crippen molar-refractivity contribution in [2.24, 2.45) is 5.41 Å². The maximum absolute atomic E-state index is 4.78. The first-order valence-corrected chi connectivity index (χ1v) is 9.38. The molecule has 0 saturated heterocycles. The number of thiophene rings is 1. The Labute approximate surface area is 158 Å². The Morgan fingerprint density at radius 1 is 1.15 bits per heavy atom. The van der Waals surface area contributed by atoms with E-state index in [9.17, 15) is 0 Å². The number of anilines is 1. The zero-order valence-corrected chi connectivity index (χ0v) is 16.4. The normalized spacial score (nSPS) is 11.7. The Kier molecular flexibility index (Phi) is 5.58. The lowest BCUT2D eigenvalue weighted by Crippen LogP contribution is -2.34. The Bertz CT molecular complexity index is 831. The van der Waals surface area contributed by atoms with Crippen LogP contribution in [0.5, 0.6) is 0 Å². The van der Waals surface area contributed by atoms with Crippen LogP contribution in [-0.2, 0) is 0 Å². The van der Waals surface area contributed by atoms with Gasteiger partial charge in [0.1, 0.15) is 0 Å². The van der Waals surface area contributed by atoms with Crippen LogP contribution in [0.1, 0.15) is 13.8 Å². The smallest absolute Gasteiger partial charge is 0.223 e. The van der Waals surface area contributed by atoms with Crippen LogP contribution in [-0.4, -0.2) is 52.0 Å². The first kappa shape index (κ1) is 18.4. The molecule has 0 saturated carbocycles. The number of nitrogens with one attached hydrogen (secondary N) is 1. The van der Waals surface area contributed by atoms with Gasteiger partial charge in [0.15, 0.2) is 0 Å². The lowest BCUT2D eigenvalue weighted by Gasteiger charge is -2.28. The molecule has 0 fully saturated rings. The molecule has 0 amide bonds. The molecule has 3 rings (SSSR count). The highest BCUT2D eigenvalue weighted by molar-refractivity contribution is 7.13. The van der Waals surface area contributed by atoms with Crippen molar-refractivity contribution < 1.29 is 0 Å². The van der Waals surface area contributed by atoms with Crippen molar-refractivity contribution >= 4 is 17.3 Å². The Balaban J connectivity index is 1.89. The second-order valence-corrected chi connectivity index (χ2v) is 8.23. The zero-order chi connectivity index (χ0) is 18.6. The summed E-state index contributed by atoms with van der Waals surface area (Å²) >= 11 is 1.65. The number of aromatic nitrogens is 4. The fraction of sp³-hybridized carbons (Fsp3) is 0.368. The van der Waals surface area contributed by atoms with Gasteiger partial charge in [0.05, 0.1) is 22.5 Å². The molecule has 7 heteroatoms. The molecule has 1 N–H and O–H groups in total. The molecule has 0 spiro atoms. The van der Waals surface area contributed by atoms with Crippen LogP contribution in [0.3, 0.4) is 0 Å². The van der Waals surface area contributed by atoms with Crippen molar-refractivity contribution in [2.45, 2.75) is 13.8 Å². The molecule has 0 aliphatic rings. The molecule has 6 nitrogen and oxygen atoms in total. The van der Waals surface area contributed by atoms with Crippen molar-refractivity contribution in [3.05, 3.63) is 42.3 Å². The third kappa shape index (κ3) is 4.62. The van der Waals surface area contributed by atoms with E-state index in [-0.39, 0.29) is 5.41 Å². The molecule has 3 heterocycles. The van der Waals surface area contributed by atoms with Crippen LogP contribution in [0.15, 0.2) is 42.3 Å². The maximum Gasteiger partial charge on any atom is 0.223 e. The van der Waals surface area contributed by atoms with Gasteiger partial charge in [0, 0.05) is 37.2 Å². The minimum Gasteiger partial charge on any atom is -0.354 e. The summed E-state index contributed by atoms with van der Waals surface area (Å²) in [5, 5.41) is 5.44. The van der Waals surface area contributed by atoms with Crippen LogP contribution in [0.4, 0.5) is 5.95 Å². The fourth-order valence-electron chi connectivity index (χ4n) is 2.92.